The summed E-state index contributed by atoms with van der Waals surface area (Å²) >= 11 is 5.99. The number of carbonyl (C=O) groups is 1. The zero-order chi connectivity index (χ0) is 14.4. The van der Waals surface area contributed by atoms with Crippen LogP contribution in [0.1, 0.15) is 24.2 Å². The lowest BCUT2D eigenvalue weighted by atomic mass is 10.1. The van der Waals surface area contributed by atoms with E-state index in [1.165, 1.54) is 0 Å². The molecule has 0 saturated heterocycles. The van der Waals surface area contributed by atoms with Crippen molar-refractivity contribution in [3.63, 3.8) is 0 Å². The van der Waals surface area contributed by atoms with Crippen molar-refractivity contribution in [3.8, 4) is 0 Å². The van der Waals surface area contributed by atoms with Crippen molar-refractivity contribution in [2.45, 2.75) is 19.9 Å². The molecule has 0 aliphatic carbocycles. The predicted molar refractivity (Wildman–Crippen MR) is 79.0 cm³/mol. The topological polar surface area (TPSA) is 41.6 Å². The molecular formula is C14H21ClN2O2. The number of nitrogens with zero attached hydrogens (tertiary/aromatic N) is 1. The Morgan fingerprint density at radius 2 is 2.16 bits per heavy atom. The van der Waals surface area contributed by atoms with Crippen molar-refractivity contribution in [2.75, 3.05) is 32.6 Å². The summed E-state index contributed by atoms with van der Waals surface area (Å²) in [6.07, 6.45) is 0. The van der Waals surface area contributed by atoms with Crippen molar-refractivity contribution < 1.29 is 9.53 Å². The van der Waals surface area contributed by atoms with E-state index >= 15 is 0 Å². The van der Waals surface area contributed by atoms with Gasteiger partial charge in [0.15, 0.2) is 0 Å². The van der Waals surface area contributed by atoms with Gasteiger partial charge in [0, 0.05) is 37.5 Å². The molecule has 106 valence electrons. The second-order valence-corrected chi connectivity index (χ2v) is 5.03. The molecule has 5 heteroatoms. The molecule has 0 heterocycles. The second-order valence-electron chi connectivity index (χ2n) is 4.59. The Labute approximate surface area is 119 Å². The van der Waals surface area contributed by atoms with Crippen LogP contribution in [0.15, 0.2) is 18.2 Å². The molecule has 0 aliphatic heterocycles. The number of hydrogen-bond donors (Lipinski definition) is 1. The first-order chi connectivity index (χ1) is 8.95. The van der Waals surface area contributed by atoms with Gasteiger partial charge in [-0.15, -0.1) is 0 Å². The van der Waals surface area contributed by atoms with Gasteiger partial charge < -0.3 is 15.0 Å². The Balaban J connectivity index is 2.91. The summed E-state index contributed by atoms with van der Waals surface area (Å²) in [6.45, 7) is 5.21. The van der Waals surface area contributed by atoms with Gasteiger partial charge in [-0.1, -0.05) is 11.6 Å². The van der Waals surface area contributed by atoms with Crippen LogP contribution in [0.3, 0.4) is 0 Å². The quantitative estimate of drug-likeness (QED) is 0.873. The van der Waals surface area contributed by atoms with Crippen molar-refractivity contribution in [3.05, 3.63) is 28.8 Å². The molecule has 0 aromatic heterocycles. The molecule has 1 amide bonds. The van der Waals surface area contributed by atoms with E-state index < -0.39 is 0 Å². The SMILES string of the molecule is CCOCC(C)Nc1cc(Cl)ccc1C(=O)N(C)C. The van der Waals surface area contributed by atoms with Crippen LogP contribution in [0.25, 0.3) is 0 Å². The number of ether oxygens (including phenoxy) is 1. The monoisotopic (exact) mass is 284 g/mol. The van der Waals surface area contributed by atoms with Gasteiger partial charge in [-0.25, -0.2) is 0 Å². The van der Waals surface area contributed by atoms with E-state index in [1.807, 2.05) is 13.8 Å². The first kappa shape index (κ1) is 15.8. The Morgan fingerprint density at radius 3 is 2.74 bits per heavy atom. The fourth-order valence-electron chi connectivity index (χ4n) is 1.67. The summed E-state index contributed by atoms with van der Waals surface area (Å²) in [7, 11) is 3.45. The van der Waals surface area contributed by atoms with Crippen molar-refractivity contribution in [1.29, 1.82) is 0 Å². The third-order valence-electron chi connectivity index (χ3n) is 2.59. The Bertz CT molecular complexity index is 435. The maximum atomic E-state index is 12.1. The van der Waals surface area contributed by atoms with Gasteiger partial charge in [0.25, 0.3) is 5.91 Å². The number of anilines is 1. The summed E-state index contributed by atoms with van der Waals surface area (Å²) < 4.78 is 5.35. The van der Waals surface area contributed by atoms with Crippen LogP contribution in [0.4, 0.5) is 5.69 Å². The van der Waals surface area contributed by atoms with Crippen LogP contribution < -0.4 is 5.32 Å². The number of amides is 1. The Kier molecular flexibility index (Phi) is 6.12. The zero-order valence-electron chi connectivity index (χ0n) is 11.9. The number of nitrogens with one attached hydrogen (secondary N) is 1. The summed E-state index contributed by atoms with van der Waals surface area (Å²) in [5, 5.41) is 3.86. The predicted octanol–water partition coefficient (Wildman–Crippen LogP) is 2.88. The van der Waals surface area contributed by atoms with E-state index in [2.05, 4.69) is 5.32 Å². The van der Waals surface area contributed by atoms with E-state index in [0.29, 0.717) is 23.8 Å². The Morgan fingerprint density at radius 1 is 1.47 bits per heavy atom. The third kappa shape index (κ3) is 4.73. The largest absolute Gasteiger partial charge is 0.380 e. The van der Waals surface area contributed by atoms with Gasteiger partial charge in [0.2, 0.25) is 0 Å². The molecule has 1 aromatic rings. The molecule has 1 atom stereocenters. The molecule has 1 rings (SSSR count). The first-order valence-electron chi connectivity index (χ1n) is 6.31. The van der Waals surface area contributed by atoms with Crippen LogP contribution in [0.5, 0.6) is 0 Å². The number of hydrogen-bond acceptors (Lipinski definition) is 3. The smallest absolute Gasteiger partial charge is 0.255 e. The molecule has 1 N–H and O–H groups in total. The highest BCUT2D eigenvalue weighted by Crippen LogP contribution is 2.23. The van der Waals surface area contributed by atoms with E-state index in [4.69, 9.17) is 16.3 Å². The number of rotatable bonds is 6. The van der Waals surface area contributed by atoms with E-state index in [9.17, 15) is 4.79 Å². The van der Waals surface area contributed by atoms with Gasteiger partial charge in [-0.3, -0.25) is 4.79 Å². The normalized spacial score (nSPS) is 12.1. The molecule has 0 radical (unpaired) electrons. The Hall–Kier alpha value is -1.26. The fraction of sp³-hybridized carbons (Fsp3) is 0.500. The zero-order valence-corrected chi connectivity index (χ0v) is 12.6. The molecule has 1 unspecified atom stereocenters. The summed E-state index contributed by atoms with van der Waals surface area (Å²) in [4.78, 5) is 13.6. The van der Waals surface area contributed by atoms with E-state index in [-0.39, 0.29) is 11.9 Å². The molecule has 0 fully saturated rings. The fourth-order valence-corrected chi connectivity index (χ4v) is 1.84. The standard InChI is InChI=1S/C14H21ClN2O2/c1-5-19-9-10(2)16-13-8-11(15)6-7-12(13)14(18)17(3)4/h6-8,10,16H,5,9H2,1-4H3. The van der Waals surface area contributed by atoms with Crippen molar-refractivity contribution in [2.24, 2.45) is 0 Å². The van der Waals surface area contributed by atoms with Gasteiger partial charge in [0.05, 0.1) is 12.2 Å². The third-order valence-corrected chi connectivity index (χ3v) is 2.83. The molecule has 0 aliphatic rings. The lowest BCUT2D eigenvalue weighted by Gasteiger charge is -2.19. The minimum Gasteiger partial charge on any atom is -0.380 e. The van der Waals surface area contributed by atoms with Crippen LogP contribution >= 0.6 is 11.6 Å². The maximum Gasteiger partial charge on any atom is 0.255 e. The highest BCUT2D eigenvalue weighted by Gasteiger charge is 2.15. The van der Waals surface area contributed by atoms with E-state index in [0.717, 1.165) is 5.69 Å². The average molecular weight is 285 g/mol. The number of halogens is 1. The van der Waals surface area contributed by atoms with Gasteiger partial charge >= 0.3 is 0 Å². The molecule has 0 saturated carbocycles. The molecular weight excluding hydrogens is 264 g/mol. The minimum absolute atomic E-state index is 0.0530. The van der Waals surface area contributed by atoms with Crippen molar-refractivity contribution >= 4 is 23.2 Å². The molecule has 19 heavy (non-hydrogen) atoms. The van der Waals surface area contributed by atoms with Crippen molar-refractivity contribution in [1.82, 2.24) is 4.90 Å². The van der Waals surface area contributed by atoms with Gasteiger partial charge in [0.1, 0.15) is 0 Å². The van der Waals surface area contributed by atoms with Crippen LogP contribution in [0.2, 0.25) is 5.02 Å². The van der Waals surface area contributed by atoms with Crippen LogP contribution in [-0.2, 0) is 4.74 Å². The van der Waals surface area contributed by atoms with Gasteiger partial charge in [-0.05, 0) is 32.0 Å². The highest BCUT2D eigenvalue weighted by molar-refractivity contribution is 6.31. The highest BCUT2D eigenvalue weighted by atomic mass is 35.5. The molecule has 4 nitrogen and oxygen atoms in total. The first-order valence-corrected chi connectivity index (χ1v) is 6.69. The molecule has 0 bridgehead atoms. The minimum atomic E-state index is -0.0530. The molecule has 1 aromatic carbocycles. The lowest BCUT2D eigenvalue weighted by Crippen LogP contribution is -2.26. The van der Waals surface area contributed by atoms with E-state index in [1.54, 1.807) is 37.2 Å². The summed E-state index contributed by atoms with van der Waals surface area (Å²) in [5.74, 6) is -0.0530. The molecule has 0 spiro atoms. The van der Waals surface area contributed by atoms with Crippen LogP contribution in [-0.4, -0.2) is 44.2 Å². The maximum absolute atomic E-state index is 12.1. The number of benzene rings is 1. The lowest BCUT2D eigenvalue weighted by molar-refractivity contribution is 0.0828. The van der Waals surface area contributed by atoms with Gasteiger partial charge in [-0.2, -0.15) is 0 Å². The summed E-state index contributed by atoms with van der Waals surface area (Å²) in [6, 6.07) is 5.32. The van der Waals surface area contributed by atoms with Crippen LogP contribution in [0, 0.1) is 0 Å². The summed E-state index contributed by atoms with van der Waals surface area (Å²) in [5.41, 5.74) is 1.34. The average Bonchev–Trinajstić information content (AvgIpc) is 2.35. The number of carbonyl (C=O) groups excluding carboxylic acids is 1. The second kappa shape index (κ2) is 7.36.